The van der Waals surface area contributed by atoms with Crippen LogP contribution in [0.3, 0.4) is 0 Å². The molecule has 3 aromatic carbocycles. The second-order valence-electron chi connectivity index (χ2n) is 6.25. The van der Waals surface area contributed by atoms with Gasteiger partial charge in [0.05, 0.1) is 34.0 Å². The van der Waals surface area contributed by atoms with E-state index in [1.165, 1.54) is 13.3 Å². The lowest BCUT2D eigenvalue weighted by Crippen LogP contribution is -2.18. The number of carbonyl (C=O) groups excluding carboxylic acids is 1. The second kappa shape index (κ2) is 10.9. The van der Waals surface area contributed by atoms with E-state index in [-0.39, 0.29) is 12.5 Å². The highest BCUT2D eigenvalue weighted by molar-refractivity contribution is 9.10. The molecule has 0 unspecified atom stereocenters. The fourth-order valence-corrected chi connectivity index (χ4v) is 3.67. The Morgan fingerprint density at radius 3 is 2.55 bits per heavy atom. The van der Waals surface area contributed by atoms with Gasteiger partial charge in [0, 0.05) is 4.47 Å². The smallest absolute Gasteiger partial charge is 0.272 e. The summed E-state index contributed by atoms with van der Waals surface area (Å²) in [6.45, 7) is 0.225. The third-order valence-corrected chi connectivity index (χ3v) is 5.83. The van der Waals surface area contributed by atoms with E-state index in [9.17, 15) is 4.79 Å². The number of amides is 1. The van der Waals surface area contributed by atoms with E-state index in [1.807, 2.05) is 12.1 Å². The summed E-state index contributed by atoms with van der Waals surface area (Å²) >= 11 is 21.7. The molecule has 0 fully saturated rings. The molecule has 0 spiro atoms. The number of hydrogen-bond donors (Lipinski definition) is 1. The molecule has 0 saturated carbocycles. The quantitative estimate of drug-likeness (QED) is 0.265. The van der Waals surface area contributed by atoms with Gasteiger partial charge < -0.3 is 9.47 Å². The number of nitrogens with zero attached hydrogens (tertiary/aromatic N) is 1. The summed E-state index contributed by atoms with van der Waals surface area (Å²) in [6.07, 6.45) is 1.46. The molecule has 0 aliphatic rings. The van der Waals surface area contributed by atoms with Gasteiger partial charge in [-0.05, 0) is 63.5 Å². The molecule has 0 aromatic heterocycles. The molecule has 31 heavy (non-hydrogen) atoms. The molecule has 3 rings (SSSR count). The predicted octanol–water partition coefficient (Wildman–Crippen LogP) is 6.76. The first kappa shape index (κ1) is 23.4. The van der Waals surface area contributed by atoms with Gasteiger partial charge in [0.15, 0.2) is 11.5 Å². The zero-order valence-corrected chi connectivity index (χ0v) is 20.0. The number of methoxy groups -OCH3 is 1. The number of nitrogens with one attached hydrogen (secondary N) is 1. The Labute approximate surface area is 203 Å². The first-order valence-electron chi connectivity index (χ1n) is 8.91. The summed E-state index contributed by atoms with van der Waals surface area (Å²) in [6, 6.07) is 15.6. The minimum Gasteiger partial charge on any atom is -0.493 e. The molecule has 0 radical (unpaired) electrons. The number of ether oxygens (including phenoxy) is 2. The van der Waals surface area contributed by atoms with Crippen LogP contribution >= 0.6 is 50.7 Å². The van der Waals surface area contributed by atoms with Crippen LogP contribution in [-0.2, 0) is 6.61 Å². The van der Waals surface area contributed by atoms with E-state index in [0.29, 0.717) is 42.2 Å². The van der Waals surface area contributed by atoms with Gasteiger partial charge in [0.1, 0.15) is 6.61 Å². The van der Waals surface area contributed by atoms with Gasteiger partial charge in [0.2, 0.25) is 0 Å². The van der Waals surface area contributed by atoms with Crippen molar-refractivity contribution in [1.82, 2.24) is 5.43 Å². The van der Waals surface area contributed by atoms with Crippen LogP contribution < -0.4 is 14.9 Å². The van der Waals surface area contributed by atoms with Gasteiger partial charge in [0.25, 0.3) is 5.91 Å². The van der Waals surface area contributed by atoms with Crippen molar-refractivity contribution in [3.63, 3.8) is 0 Å². The van der Waals surface area contributed by atoms with Crippen molar-refractivity contribution in [1.29, 1.82) is 0 Å². The average Bonchev–Trinajstić information content (AvgIpc) is 2.75. The molecule has 1 N–H and O–H groups in total. The molecule has 0 bridgehead atoms. The van der Waals surface area contributed by atoms with Crippen molar-refractivity contribution in [2.45, 2.75) is 6.61 Å². The normalized spacial score (nSPS) is 10.9. The van der Waals surface area contributed by atoms with Crippen LogP contribution in [0.5, 0.6) is 11.5 Å². The minimum atomic E-state index is -0.344. The Morgan fingerprint density at radius 2 is 1.84 bits per heavy atom. The Bertz CT molecular complexity index is 1140. The third-order valence-electron chi connectivity index (χ3n) is 4.12. The molecule has 1 amide bonds. The molecule has 160 valence electrons. The van der Waals surface area contributed by atoms with Crippen molar-refractivity contribution in [3.8, 4) is 11.5 Å². The zero-order valence-electron chi connectivity index (χ0n) is 16.2. The molecule has 0 aliphatic carbocycles. The Kier molecular flexibility index (Phi) is 8.21. The lowest BCUT2D eigenvalue weighted by molar-refractivity contribution is 0.0954. The maximum atomic E-state index is 12.2. The van der Waals surface area contributed by atoms with Crippen LogP contribution in [0.1, 0.15) is 21.5 Å². The number of rotatable bonds is 7. The summed E-state index contributed by atoms with van der Waals surface area (Å²) in [5, 5.41) is 5.23. The van der Waals surface area contributed by atoms with E-state index in [1.54, 1.807) is 42.5 Å². The SMILES string of the molecule is COc1cc(/C=N/NC(=O)c2ccccc2Br)cc(Cl)c1OCc1ccc(Cl)c(Cl)c1. The fraction of sp³-hybridized carbons (Fsp3) is 0.0909. The summed E-state index contributed by atoms with van der Waals surface area (Å²) in [5.74, 6) is 0.458. The third kappa shape index (κ3) is 6.14. The molecular formula is C22H16BrCl3N2O3. The van der Waals surface area contributed by atoms with Crippen molar-refractivity contribution < 1.29 is 14.3 Å². The van der Waals surface area contributed by atoms with Gasteiger partial charge in [-0.1, -0.05) is 53.0 Å². The largest absolute Gasteiger partial charge is 0.493 e. The van der Waals surface area contributed by atoms with Gasteiger partial charge >= 0.3 is 0 Å². The first-order chi connectivity index (χ1) is 14.9. The van der Waals surface area contributed by atoms with Crippen LogP contribution in [0, 0.1) is 0 Å². The number of hydrazone groups is 1. The Balaban J connectivity index is 1.71. The molecule has 9 heteroatoms. The van der Waals surface area contributed by atoms with Gasteiger partial charge in [-0.2, -0.15) is 5.10 Å². The Hall–Kier alpha value is -2.25. The van der Waals surface area contributed by atoms with Crippen LogP contribution in [-0.4, -0.2) is 19.2 Å². The average molecular weight is 543 g/mol. The lowest BCUT2D eigenvalue weighted by atomic mass is 10.2. The topological polar surface area (TPSA) is 59.9 Å². The summed E-state index contributed by atoms with van der Waals surface area (Å²) < 4.78 is 11.9. The maximum absolute atomic E-state index is 12.2. The molecule has 0 aliphatic heterocycles. The van der Waals surface area contributed by atoms with Crippen molar-refractivity contribution >= 4 is 62.9 Å². The van der Waals surface area contributed by atoms with Crippen LogP contribution in [0.2, 0.25) is 15.1 Å². The number of benzene rings is 3. The first-order valence-corrected chi connectivity index (χ1v) is 10.8. The van der Waals surface area contributed by atoms with Gasteiger partial charge in [-0.25, -0.2) is 5.43 Å². The molecule has 0 atom stereocenters. The summed E-state index contributed by atoms with van der Waals surface area (Å²) in [4.78, 5) is 12.2. The standard InChI is InChI=1S/C22H16BrCl3N2O3/c1-30-20-10-14(11-27-28-22(29)15-4-2-3-5-16(15)23)9-19(26)21(20)31-12-13-6-7-17(24)18(25)8-13/h2-11H,12H2,1H3,(H,28,29)/b27-11+. The van der Waals surface area contributed by atoms with Gasteiger partial charge in [-0.3, -0.25) is 4.79 Å². The molecular weight excluding hydrogens is 527 g/mol. The van der Waals surface area contributed by atoms with Crippen LogP contribution in [0.15, 0.2) is 64.2 Å². The van der Waals surface area contributed by atoms with E-state index in [2.05, 4.69) is 26.5 Å². The van der Waals surface area contributed by atoms with Crippen LogP contribution in [0.25, 0.3) is 0 Å². The highest BCUT2D eigenvalue weighted by atomic mass is 79.9. The van der Waals surface area contributed by atoms with E-state index in [0.717, 1.165) is 5.56 Å². The van der Waals surface area contributed by atoms with Gasteiger partial charge in [-0.15, -0.1) is 0 Å². The maximum Gasteiger partial charge on any atom is 0.272 e. The summed E-state index contributed by atoms with van der Waals surface area (Å²) in [7, 11) is 1.51. The fourth-order valence-electron chi connectivity index (χ4n) is 2.61. The molecule has 3 aromatic rings. The van der Waals surface area contributed by atoms with Crippen molar-refractivity contribution in [2.75, 3.05) is 7.11 Å². The number of halogens is 4. The predicted molar refractivity (Wildman–Crippen MR) is 128 cm³/mol. The molecule has 0 heterocycles. The lowest BCUT2D eigenvalue weighted by Gasteiger charge is -2.13. The van der Waals surface area contributed by atoms with E-state index >= 15 is 0 Å². The van der Waals surface area contributed by atoms with E-state index < -0.39 is 0 Å². The van der Waals surface area contributed by atoms with Crippen molar-refractivity contribution in [2.24, 2.45) is 5.10 Å². The highest BCUT2D eigenvalue weighted by Gasteiger charge is 2.13. The summed E-state index contributed by atoms with van der Waals surface area (Å²) in [5.41, 5.74) is 4.40. The number of hydrogen-bond acceptors (Lipinski definition) is 4. The van der Waals surface area contributed by atoms with E-state index in [4.69, 9.17) is 44.3 Å². The Morgan fingerprint density at radius 1 is 1.06 bits per heavy atom. The molecule has 0 saturated heterocycles. The monoisotopic (exact) mass is 540 g/mol. The van der Waals surface area contributed by atoms with Crippen molar-refractivity contribution in [3.05, 3.63) is 90.8 Å². The number of carbonyl (C=O) groups is 1. The van der Waals surface area contributed by atoms with Crippen LogP contribution in [0.4, 0.5) is 0 Å². The molecule has 5 nitrogen and oxygen atoms in total. The highest BCUT2D eigenvalue weighted by Crippen LogP contribution is 2.37. The minimum absolute atomic E-state index is 0.225. The second-order valence-corrected chi connectivity index (χ2v) is 8.33. The zero-order chi connectivity index (χ0) is 22.4.